The zero-order valence-corrected chi connectivity index (χ0v) is 16.3. The molecule has 1 saturated carbocycles. The van der Waals surface area contributed by atoms with Crippen LogP contribution in [0.1, 0.15) is 49.6 Å². The number of benzene rings is 2. The zero-order chi connectivity index (χ0) is 18.9. The van der Waals surface area contributed by atoms with Gasteiger partial charge in [-0.25, -0.2) is 0 Å². The van der Waals surface area contributed by atoms with Crippen LogP contribution in [0.2, 0.25) is 0 Å². The van der Waals surface area contributed by atoms with Crippen molar-refractivity contribution < 1.29 is 0 Å². The first-order valence-corrected chi connectivity index (χ1v) is 9.77. The van der Waals surface area contributed by atoms with E-state index in [2.05, 4.69) is 90.1 Å². The molecule has 1 N–H and O–H groups in total. The average Bonchev–Trinajstić information content (AvgIpc) is 3.17. The molecule has 1 fully saturated rings. The predicted molar refractivity (Wildman–Crippen MR) is 108 cm³/mol. The van der Waals surface area contributed by atoms with Crippen LogP contribution in [0.15, 0.2) is 48.5 Å². The lowest BCUT2D eigenvalue weighted by Crippen LogP contribution is -2.41. The number of hydrogen-bond donors (Lipinski definition) is 1. The number of rotatable bonds is 4. The number of nitrogens with one attached hydrogen (secondary N) is 1. The van der Waals surface area contributed by atoms with E-state index in [0.29, 0.717) is 0 Å². The second kappa shape index (κ2) is 7.14. The van der Waals surface area contributed by atoms with Gasteiger partial charge in [0.1, 0.15) is 0 Å². The molecule has 0 bridgehead atoms. The van der Waals surface area contributed by atoms with E-state index < -0.39 is 0 Å². The lowest BCUT2D eigenvalue weighted by molar-refractivity contribution is 0.255. The van der Waals surface area contributed by atoms with Gasteiger partial charge in [-0.15, -0.1) is 5.10 Å². The van der Waals surface area contributed by atoms with Crippen LogP contribution in [0.25, 0.3) is 5.69 Å². The van der Waals surface area contributed by atoms with Gasteiger partial charge in [-0.2, -0.15) is 4.68 Å². The summed E-state index contributed by atoms with van der Waals surface area (Å²) in [7, 11) is 0. The predicted octanol–water partition coefficient (Wildman–Crippen LogP) is 4.80. The molecule has 4 rings (SSSR count). The second-order valence-electron chi connectivity index (χ2n) is 7.95. The number of para-hydroxylation sites is 1. The Hall–Kier alpha value is -2.69. The Bertz CT molecular complexity index is 904. The Kier molecular flexibility index (Phi) is 4.68. The van der Waals surface area contributed by atoms with Crippen LogP contribution in [0.5, 0.6) is 0 Å². The van der Waals surface area contributed by atoms with Gasteiger partial charge < -0.3 is 5.32 Å². The van der Waals surface area contributed by atoms with Crippen molar-refractivity contribution in [2.45, 2.75) is 52.0 Å². The summed E-state index contributed by atoms with van der Waals surface area (Å²) in [6.07, 6.45) is 4.38. The van der Waals surface area contributed by atoms with Crippen molar-refractivity contribution in [2.75, 3.05) is 5.32 Å². The number of aromatic nitrogens is 4. The van der Waals surface area contributed by atoms with E-state index >= 15 is 0 Å². The van der Waals surface area contributed by atoms with Gasteiger partial charge in [0.15, 0.2) is 5.82 Å². The van der Waals surface area contributed by atoms with Gasteiger partial charge in [-0.05, 0) is 79.6 Å². The number of tetrazole rings is 1. The van der Waals surface area contributed by atoms with E-state index in [0.717, 1.165) is 36.0 Å². The zero-order valence-electron chi connectivity index (χ0n) is 16.3. The molecule has 3 aromatic rings. The maximum absolute atomic E-state index is 4.50. The van der Waals surface area contributed by atoms with Gasteiger partial charge in [0, 0.05) is 5.69 Å². The summed E-state index contributed by atoms with van der Waals surface area (Å²) in [6.45, 7) is 6.57. The van der Waals surface area contributed by atoms with Gasteiger partial charge in [-0.3, -0.25) is 0 Å². The quantitative estimate of drug-likeness (QED) is 0.725. The van der Waals surface area contributed by atoms with E-state index in [-0.39, 0.29) is 5.54 Å². The van der Waals surface area contributed by atoms with Crippen LogP contribution >= 0.6 is 0 Å². The molecule has 27 heavy (non-hydrogen) atoms. The van der Waals surface area contributed by atoms with Crippen molar-refractivity contribution in [3.63, 3.8) is 0 Å². The van der Waals surface area contributed by atoms with Crippen LogP contribution in [0, 0.1) is 19.8 Å². The molecule has 1 aliphatic carbocycles. The maximum atomic E-state index is 4.50. The summed E-state index contributed by atoms with van der Waals surface area (Å²) >= 11 is 0. The normalized spacial score (nSPS) is 22.6. The average molecular weight is 361 g/mol. The van der Waals surface area contributed by atoms with Crippen LogP contribution in [0.3, 0.4) is 0 Å². The third-order valence-electron chi connectivity index (χ3n) is 5.82. The molecule has 2 aromatic carbocycles. The smallest absolute Gasteiger partial charge is 0.181 e. The molecule has 0 unspecified atom stereocenters. The molecule has 0 atom stereocenters. The highest BCUT2D eigenvalue weighted by molar-refractivity contribution is 5.53. The van der Waals surface area contributed by atoms with Crippen molar-refractivity contribution in [3.8, 4) is 5.69 Å². The highest BCUT2D eigenvalue weighted by Crippen LogP contribution is 2.42. The largest absolute Gasteiger partial charge is 0.372 e. The Morgan fingerprint density at radius 3 is 2.41 bits per heavy atom. The lowest BCUT2D eigenvalue weighted by Gasteiger charge is -2.40. The lowest BCUT2D eigenvalue weighted by atomic mass is 9.76. The van der Waals surface area contributed by atoms with E-state index in [1.807, 2.05) is 4.68 Å². The van der Waals surface area contributed by atoms with Crippen LogP contribution in [-0.2, 0) is 5.54 Å². The highest BCUT2D eigenvalue weighted by atomic mass is 15.6. The molecule has 1 heterocycles. The Morgan fingerprint density at radius 2 is 1.70 bits per heavy atom. The van der Waals surface area contributed by atoms with Crippen molar-refractivity contribution >= 4 is 5.69 Å². The molecule has 0 aliphatic heterocycles. The third-order valence-corrected chi connectivity index (χ3v) is 5.82. The summed E-state index contributed by atoms with van der Waals surface area (Å²) in [4.78, 5) is 0. The fourth-order valence-corrected chi connectivity index (χ4v) is 3.98. The first kappa shape index (κ1) is 17.7. The van der Waals surface area contributed by atoms with Crippen molar-refractivity contribution in [1.29, 1.82) is 0 Å². The third kappa shape index (κ3) is 3.46. The molecule has 0 spiro atoms. The first-order valence-electron chi connectivity index (χ1n) is 9.77. The van der Waals surface area contributed by atoms with Crippen LogP contribution in [0.4, 0.5) is 5.69 Å². The van der Waals surface area contributed by atoms with Gasteiger partial charge >= 0.3 is 0 Å². The molecule has 0 amide bonds. The molecule has 5 nitrogen and oxygen atoms in total. The highest BCUT2D eigenvalue weighted by Gasteiger charge is 2.41. The molecule has 0 radical (unpaired) electrons. The maximum Gasteiger partial charge on any atom is 0.181 e. The molecular weight excluding hydrogens is 334 g/mol. The summed E-state index contributed by atoms with van der Waals surface area (Å²) < 4.78 is 1.90. The van der Waals surface area contributed by atoms with E-state index in [4.69, 9.17) is 0 Å². The summed E-state index contributed by atoms with van der Waals surface area (Å²) in [5.41, 5.74) is 4.38. The Labute approximate surface area is 160 Å². The fourth-order valence-electron chi connectivity index (χ4n) is 3.98. The standard InChI is InChI=1S/C22H27N5/c1-16-8-10-19(11-9-16)27-21(24-25-26-27)22(14-12-17(2)13-15-22)23-20-7-5-4-6-18(20)3/h4-11,17,23H,12-15H2,1-3H3. The number of nitrogens with zero attached hydrogens (tertiary/aromatic N) is 4. The minimum absolute atomic E-state index is 0.257. The minimum atomic E-state index is -0.257. The van der Waals surface area contributed by atoms with Crippen LogP contribution < -0.4 is 5.32 Å². The fraction of sp³-hybridized carbons (Fsp3) is 0.409. The monoisotopic (exact) mass is 361 g/mol. The number of hydrogen-bond acceptors (Lipinski definition) is 4. The van der Waals surface area contributed by atoms with Gasteiger partial charge in [0.2, 0.25) is 0 Å². The Balaban J connectivity index is 1.77. The van der Waals surface area contributed by atoms with Gasteiger partial charge in [0.25, 0.3) is 0 Å². The summed E-state index contributed by atoms with van der Waals surface area (Å²) in [6, 6.07) is 16.8. The molecule has 1 aromatic heterocycles. The summed E-state index contributed by atoms with van der Waals surface area (Å²) in [5.74, 6) is 1.64. The minimum Gasteiger partial charge on any atom is -0.372 e. The molecular formula is C22H27N5. The number of anilines is 1. The number of aryl methyl sites for hydroxylation is 2. The van der Waals surface area contributed by atoms with Crippen molar-refractivity contribution in [3.05, 3.63) is 65.5 Å². The van der Waals surface area contributed by atoms with E-state index in [1.54, 1.807) is 0 Å². The van der Waals surface area contributed by atoms with Crippen molar-refractivity contribution in [1.82, 2.24) is 20.2 Å². The van der Waals surface area contributed by atoms with Gasteiger partial charge in [-0.1, -0.05) is 42.8 Å². The molecule has 1 aliphatic rings. The summed E-state index contributed by atoms with van der Waals surface area (Å²) in [5, 5.41) is 16.7. The SMILES string of the molecule is Cc1ccc(-n2nnnc2C2(Nc3ccccc3C)CCC(C)CC2)cc1. The molecule has 140 valence electrons. The molecule has 5 heteroatoms. The van der Waals surface area contributed by atoms with Crippen molar-refractivity contribution in [2.24, 2.45) is 5.92 Å². The molecule has 0 saturated heterocycles. The van der Waals surface area contributed by atoms with E-state index in [1.165, 1.54) is 24.0 Å². The van der Waals surface area contributed by atoms with Gasteiger partial charge in [0.05, 0.1) is 11.2 Å². The van der Waals surface area contributed by atoms with Crippen LogP contribution in [-0.4, -0.2) is 20.2 Å². The Morgan fingerprint density at radius 1 is 1.00 bits per heavy atom. The second-order valence-corrected chi connectivity index (χ2v) is 7.95. The first-order chi connectivity index (χ1) is 13.1. The topological polar surface area (TPSA) is 55.6 Å². The van der Waals surface area contributed by atoms with E-state index in [9.17, 15) is 0 Å².